The number of nitrogens with two attached hydrogens (primary N) is 1. The van der Waals surface area contributed by atoms with Crippen LogP contribution >= 0.6 is 27.7 Å². The Kier molecular flexibility index (Phi) is 4.94. The highest BCUT2D eigenvalue weighted by Gasteiger charge is 2.08. The molecule has 0 fully saturated rings. The molecule has 8 heteroatoms. The van der Waals surface area contributed by atoms with Crippen LogP contribution in [-0.2, 0) is 6.54 Å². The molecule has 0 aliphatic carbocycles. The van der Waals surface area contributed by atoms with E-state index in [9.17, 15) is 4.79 Å². The second kappa shape index (κ2) is 6.69. The fourth-order valence-corrected chi connectivity index (χ4v) is 2.85. The monoisotopic (exact) mass is 341 g/mol. The van der Waals surface area contributed by atoms with Gasteiger partial charge in [0.25, 0.3) is 5.91 Å². The predicted octanol–water partition coefficient (Wildman–Crippen LogP) is 1.44. The standard InChI is InChI=1S/C11H12BrN5OS/c12-8-2-1-3-9(6-8)19-5-4-17-7-10(15-16-17)11(18)14-13/h1-3,6-7H,4-5,13H2,(H,14,18). The van der Waals surface area contributed by atoms with Crippen molar-refractivity contribution in [3.63, 3.8) is 0 Å². The van der Waals surface area contributed by atoms with Crippen molar-refractivity contribution in [3.05, 3.63) is 40.6 Å². The Morgan fingerprint density at radius 2 is 2.37 bits per heavy atom. The fraction of sp³-hybridized carbons (Fsp3) is 0.182. The average molecular weight is 342 g/mol. The van der Waals surface area contributed by atoms with E-state index in [0.29, 0.717) is 6.54 Å². The number of nitrogen functional groups attached to an aromatic ring is 1. The number of aromatic nitrogens is 3. The molecule has 6 nitrogen and oxygen atoms in total. The van der Waals surface area contributed by atoms with Gasteiger partial charge in [-0.05, 0) is 18.2 Å². The number of thioether (sulfide) groups is 1. The molecule has 2 aromatic rings. The Morgan fingerprint density at radius 3 is 3.11 bits per heavy atom. The van der Waals surface area contributed by atoms with Crippen LogP contribution in [0.1, 0.15) is 10.5 Å². The van der Waals surface area contributed by atoms with Crippen molar-refractivity contribution in [2.24, 2.45) is 5.84 Å². The van der Waals surface area contributed by atoms with Crippen molar-refractivity contribution in [2.75, 3.05) is 5.75 Å². The number of hydrogen-bond acceptors (Lipinski definition) is 5. The van der Waals surface area contributed by atoms with E-state index in [2.05, 4.69) is 32.3 Å². The first-order valence-electron chi connectivity index (χ1n) is 5.48. The SMILES string of the molecule is NNC(=O)c1cn(CCSc2cccc(Br)c2)nn1. The highest BCUT2D eigenvalue weighted by Crippen LogP contribution is 2.21. The number of hydrazine groups is 1. The van der Waals surface area contributed by atoms with E-state index < -0.39 is 5.91 Å². The Hall–Kier alpha value is -1.38. The highest BCUT2D eigenvalue weighted by atomic mass is 79.9. The number of carbonyl (C=O) groups is 1. The van der Waals surface area contributed by atoms with Crippen LogP contribution in [0, 0.1) is 0 Å². The first-order valence-corrected chi connectivity index (χ1v) is 7.26. The Balaban J connectivity index is 1.86. The third-order valence-electron chi connectivity index (χ3n) is 2.29. The number of aryl methyl sites for hydroxylation is 1. The molecule has 1 heterocycles. The number of benzene rings is 1. The number of amides is 1. The van der Waals surface area contributed by atoms with E-state index in [0.717, 1.165) is 10.2 Å². The van der Waals surface area contributed by atoms with Crippen molar-refractivity contribution in [3.8, 4) is 0 Å². The first kappa shape index (κ1) is 14.0. The molecular formula is C11H12BrN5OS. The van der Waals surface area contributed by atoms with Crippen LogP contribution in [0.25, 0.3) is 0 Å². The number of nitrogens with one attached hydrogen (secondary N) is 1. The Bertz CT molecular complexity index is 574. The van der Waals surface area contributed by atoms with Crippen LogP contribution in [0.15, 0.2) is 39.8 Å². The average Bonchev–Trinajstić information content (AvgIpc) is 2.87. The van der Waals surface area contributed by atoms with E-state index in [4.69, 9.17) is 5.84 Å². The van der Waals surface area contributed by atoms with Crippen molar-refractivity contribution in [2.45, 2.75) is 11.4 Å². The zero-order valence-corrected chi connectivity index (χ0v) is 12.3. The molecule has 0 spiro atoms. The molecule has 0 unspecified atom stereocenters. The minimum atomic E-state index is -0.439. The number of carbonyl (C=O) groups excluding carboxylic acids is 1. The van der Waals surface area contributed by atoms with E-state index in [1.807, 2.05) is 23.6 Å². The van der Waals surface area contributed by atoms with Crippen LogP contribution < -0.4 is 11.3 Å². The smallest absolute Gasteiger partial charge is 0.287 e. The van der Waals surface area contributed by atoms with Crippen LogP contribution in [0.3, 0.4) is 0 Å². The van der Waals surface area contributed by atoms with Gasteiger partial charge < -0.3 is 0 Å². The summed E-state index contributed by atoms with van der Waals surface area (Å²) in [7, 11) is 0. The number of nitrogens with zero attached hydrogens (tertiary/aromatic N) is 3. The maximum atomic E-state index is 11.2. The summed E-state index contributed by atoms with van der Waals surface area (Å²) in [4.78, 5) is 12.4. The minimum Gasteiger partial charge on any atom is -0.289 e. The summed E-state index contributed by atoms with van der Waals surface area (Å²) in [6.07, 6.45) is 1.57. The van der Waals surface area contributed by atoms with Crippen molar-refractivity contribution in [1.29, 1.82) is 0 Å². The maximum absolute atomic E-state index is 11.2. The molecule has 1 amide bonds. The van der Waals surface area contributed by atoms with Gasteiger partial charge in [-0.25, -0.2) is 5.84 Å². The van der Waals surface area contributed by atoms with Gasteiger partial charge in [-0.3, -0.25) is 14.9 Å². The zero-order chi connectivity index (χ0) is 13.7. The predicted molar refractivity (Wildman–Crippen MR) is 76.5 cm³/mol. The lowest BCUT2D eigenvalue weighted by Crippen LogP contribution is -2.30. The van der Waals surface area contributed by atoms with E-state index in [-0.39, 0.29) is 5.69 Å². The van der Waals surface area contributed by atoms with Crippen LogP contribution in [-0.4, -0.2) is 26.7 Å². The summed E-state index contributed by atoms with van der Waals surface area (Å²) in [5, 5.41) is 7.59. The van der Waals surface area contributed by atoms with E-state index in [1.54, 1.807) is 22.6 Å². The molecule has 0 radical (unpaired) electrons. The summed E-state index contributed by atoms with van der Waals surface area (Å²) in [6, 6.07) is 8.08. The third-order valence-corrected chi connectivity index (χ3v) is 3.75. The van der Waals surface area contributed by atoms with E-state index >= 15 is 0 Å². The van der Waals surface area contributed by atoms with Gasteiger partial charge >= 0.3 is 0 Å². The molecule has 1 aromatic heterocycles. The Morgan fingerprint density at radius 1 is 1.53 bits per heavy atom. The first-order chi connectivity index (χ1) is 9.19. The fourth-order valence-electron chi connectivity index (χ4n) is 1.40. The van der Waals surface area contributed by atoms with Gasteiger partial charge in [-0.15, -0.1) is 16.9 Å². The van der Waals surface area contributed by atoms with Gasteiger partial charge in [0.1, 0.15) is 0 Å². The van der Waals surface area contributed by atoms with Gasteiger partial charge in [0, 0.05) is 15.1 Å². The molecule has 0 bridgehead atoms. The number of rotatable bonds is 5. The zero-order valence-electron chi connectivity index (χ0n) is 9.91. The molecule has 19 heavy (non-hydrogen) atoms. The molecule has 0 aliphatic heterocycles. The van der Waals surface area contributed by atoms with Gasteiger partial charge in [0.15, 0.2) is 5.69 Å². The third kappa shape index (κ3) is 4.05. The molecule has 1 aromatic carbocycles. The number of halogens is 1. The van der Waals surface area contributed by atoms with E-state index in [1.165, 1.54) is 4.90 Å². The molecule has 0 saturated carbocycles. The largest absolute Gasteiger partial charge is 0.289 e. The lowest BCUT2D eigenvalue weighted by atomic mass is 10.4. The van der Waals surface area contributed by atoms with Crippen LogP contribution in [0.2, 0.25) is 0 Å². The minimum absolute atomic E-state index is 0.218. The molecule has 0 saturated heterocycles. The molecular weight excluding hydrogens is 330 g/mol. The topological polar surface area (TPSA) is 85.8 Å². The Labute approximate surface area is 122 Å². The summed E-state index contributed by atoms with van der Waals surface area (Å²) in [5.74, 6) is 5.42. The highest BCUT2D eigenvalue weighted by molar-refractivity contribution is 9.10. The second-order valence-electron chi connectivity index (χ2n) is 3.65. The second-order valence-corrected chi connectivity index (χ2v) is 5.73. The van der Waals surface area contributed by atoms with Gasteiger partial charge in [-0.1, -0.05) is 27.2 Å². The molecule has 100 valence electrons. The molecule has 0 aliphatic rings. The van der Waals surface area contributed by atoms with Gasteiger partial charge in [0.2, 0.25) is 0 Å². The summed E-state index contributed by atoms with van der Waals surface area (Å²) >= 11 is 5.14. The summed E-state index contributed by atoms with van der Waals surface area (Å²) in [6.45, 7) is 0.669. The van der Waals surface area contributed by atoms with Crippen molar-refractivity contribution < 1.29 is 4.79 Å². The maximum Gasteiger partial charge on any atom is 0.287 e. The van der Waals surface area contributed by atoms with Gasteiger partial charge in [-0.2, -0.15) is 0 Å². The van der Waals surface area contributed by atoms with Crippen LogP contribution in [0.5, 0.6) is 0 Å². The summed E-state index contributed by atoms with van der Waals surface area (Å²) in [5.41, 5.74) is 2.24. The van der Waals surface area contributed by atoms with Crippen LogP contribution in [0.4, 0.5) is 0 Å². The number of hydrogen-bond donors (Lipinski definition) is 2. The lowest BCUT2D eigenvalue weighted by Gasteiger charge is -2.02. The normalized spacial score (nSPS) is 10.4. The molecule has 3 N–H and O–H groups in total. The summed E-state index contributed by atoms with van der Waals surface area (Å²) < 4.78 is 2.68. The quantitative estimate of drug-likeness (QED) is 0.372. The van der Waals surface area contributed by atoms with Crippen molar-refractivity contribution >= 4 is 33.6 Å². The van der Waals surface area contributed by atoms with Gasteiger partial charge in [0.05, 0.1) is 12.7 Å². The molecule has 2 rings (SSSR count). The van der Waals surface area contributed by atoms with Crippen molar-refractivity contribution in [1.82, 2.24) is 20.4 Å². The molecule has 0 atom stereocenters. The lowest BCUT2D eigenvalue weighted by molar-refractivity contribution is 0.0948.